The van der Waals surface area contributed by atoms with Gasteiger partial charge in [-0.3, -0.25) is 4.79 Å². The smallest absolute Gasteiger partial charge is 0.294 e. The number of pyridine rings is 1. The number of amides is 1. The number of aryl methyl sites for hydroxylation is 2. The third kappa shape index (κ3) is 2.76. The standard InChI is InChI=1S/C18H16N6O/c1-11-5-3-4-6-13(11)15-7-12-9-19-16(8-14(12)22-15)23-18(25)17-20-10-21-24(17)2/h3-10,22H,1-2H3,(H,19,23,25). The fraction of sp³-hybridized carbons (Fsp3) is 0.111. The summed E-state index contributed by atoms with van der Waals surface area (Å²) in [6.45, 7) is 2.08. The molecule has 124 valence electrons. The molecule has 25 heavy (non-hydrogen) atoms. The van der Waals surface area contributed by atoms with Gasteiger partial charge in [0.05, 0.1) is 5.52 Å². The van der Waals surface area contributed by atoms with Crippen molar-refractivity contribution < 1.29 is 4.79 Å². The minimum Gasteiger partial charge on any atom is -0.354 e. The van der Waals surface area contributed by atoms with Gasteiger partial charge in [-0.15, -0.1) is 0 Å². The number of hydrogen-bond donors (Lipinski definition) is 2. The molecule has 0 atom stereocenters. The first kappa shape index (κ1) is 15.1. The zero-order valence-electron chi connectivity index (χ0n) is 13.8. The molecule has 0 unspecified atom stereocenters. The zero-order valence-corrected chi connectivity index (χ0v) is 13.8. The van der Waals surface area contributed by atoms with Gasteiger partial charge in [0.15, 0.2) is 0 Å². The zero-order chi connectivity index (χ0) is 17.4. The second-order valence-electron chi connectivity index (χ2n) is 5.82. The van der Waals surface area contributed by atoms with Crippen molar-refractivity contribution in [1.29, 1.82) is 0 Å². The lowest BCUT2D eigenvalue weighted by Gasteiger charge is -2.03. The second-order valence-corrected chi connectivity index (χ2v) is 5.82. The number of benzene rings is 1. The van der Waals surface area contributed by atoms with Crippen LogP contribution in [0.15, 0.2) is 48.9 Å². The monoisotopic (exact) mass is 332 g/mol. The van der Waals surface area contributed by atoms with E-state index in [1.54, 1.807) is 13.2 Å². The number of aromatic amines is 1. The molecule has 3 aromatic heterocycles. The molecule has 0 bridgehead atoms. The van der Waals surface area contributed by atoms with Crippen LogP contribution in [0.4, 0.5) is 5.82 Å². The molecule has 7 nitrogen and oxygen atoms in total. The Morgan fingerprint density at radius 3 is 2.80 bits per heavy atom. The normalized spacial score (nSPS) is 11.0. The van der Waals surface area contributed by atoms with Crippen LogP contribution in [0.2, 0.25) is 0 Å². The Morgan fingerprint density at radius 1 is 1.20 bits per heavy atom. The number of anilines is 1. The Bertz CT molecular complexity index is 1080. The maximum atomic E-state index is 12.2. The molecule has 0 fully saturated rings. The number of fused-ring (bicyclic) bond motifs is 1. The molecule has 0 saturated heterocycles. The van der Waals surface area contributed by atoms with Gasteiger partial charge in [-0.2, -0.15) is 5.10 Å². The van der Waals surface area contributed by atoms with Gasteiger partial charge in [0.1, 0.15) is 12.1 Å². The molecule has 1 aromatic carbocycles. The number of aromatic nitrogens is 5. The summed E-state index contributed by atoms with van der Waals surface area (Å²) in [5.74, 6) is 0.338. The number of carbonyl (C=O) groups is 1. The third-order valence-corrected chi connectivity index (χ3v) is 4.10. The van der Waals surface area contributed by atoms with E-state index in [-0.39, 0.29) is 11.7 Å². The van der Waals surface area contributed by atoms with E-state index in [4.69, 9.17) is 0 Å². The van der Waals surface area contributed by atoms with Gasteiger partial charge in [-0.05, 0) is 18.6 Å². The summed E-state index contributed by atoms with van der Waals surface area (Å²) in [4.78, 5) is 23.8. The highest BCUT2D eigenvalue weighted by Crippen LogP contribution is 2.27. The van der Waals surface area contributed by atoms with Crippen molar-refractivity contribution in [3.8, 4) is 11.3 Å². The number of rotatable bonds is 3. The molecule has 7 heteroatoms. The van der Waals surface area contributed by atoms with Gasteiger partial charge in [0.25, 0.3) is 5.91 Å². The van der Waals surface area contributed by atoms with Crippen LogP contribution in [-0.2, 0) is 7.05 Å². The Kier molecular flexibility index (Phi) is 3.53. The minimum atomic E-state index is -0.350. The van der Waals surface area contributed by atoms with E-state index in [9.17, 15) is 4.79 Å². The van der Waals surface area contributed by atoms with Crippen molar-refractivity contribution in [2.24, 2.45) is 7.05 Å². The quantitative estimate of drug-likeness (QED) is 0.604. The maximum absolute atomic E-state index is 12.2. The highest BCUT2D eigenvalue weighted by atomic mass is 16.2. The molecule has 0 aliphatic carbocycles. The van der Waals surface area contributed by atoms with Crippen LogP contribution in [0, 0.1) is 6.92 Å². The van der Waals surface area contributed by atoms with Crippen molar-refractivity contribution in [2.75, 3.05) is 5.32 Å². The highest BCUT2D eigenvalue weighted by Gasteiger charge is 2.13. The van der Waals surface area contributed by atoms with E-state index in [1.165, 1.54) is 16.6 Å². The van der Waals surface area contributed by atoms with Crippen LogP contribution >= 0.6 is 0 Å². The number of nitrogens with zero attached hydrogens (tertiary/aromatic N) is 4. The van der Waals surface area contributed by atoms with Crippen LogP contribution in [-0.4, -0.2) is 30.6 Å². The summed E-state index contributed by atoms with van der Waals surface area (Å²) in [5, 5.41) is 7.62. The molecule has 0 saturated carbocycles. The summed E-state index contributed by atoms with van der Waals surface area (Å²) in [5.41, 5.74) is 4.26. The number of carbonyl (C=O) groups excluding carboxylic acids is 1. The maximum Gasteiger partial charge on any atom is 0.294 e. The van der Waals surface area contributed by atoms with Crippen molar-refractivity contribution in [1.82, 2.24) is 24.7 Å². The van der Waals surface area contributed by atoms with Gasteiger partial charge in [-0.1, -0.05) is 24.3 Å². The fourth-order valence-corrected chi connectivity index (χ4v) is 2.79. The van der Waals surface area contributed by atoms with Gasteiger partial charge < -0.3 is 10.3 Å². The summed E-state index contributed by atoms with van der Waals surface area (Å²) < 4.78 is 1.42. The SMILES string of the molecule is Cc1ccccc1-c1cc2cnc(NC(=O)c3ncnn3C)cc2[nH]1. The number of nitrogens with one attached hydrogen (secondary N) is 2. The van der Waals surface area contributed by atoms with E-state index in [0.29, 0.717) is 5.82 Å². The van der Waals surface area contributed by atoms with Crippen molar-refractivity contribution >= 4 is 22.6 Å². The summed E-state index contributed by atoms with van der Waals surface area (Å²) >= 11 is 0. The van der Waals surface area contributed by atoms with Gasteiger partial charge in [-0.25, -0.2) is 14.6 Å². The molecule has 1 amide bonds. The predicted octanol–water partition coefficient (Wildman–Crippen LogP) is 2.92. The molecule has 4 rings (SSSR count). The first-order chi connectivity index (χ1) is 12.1. The summed E-state index contributed by atoms with van der Waals surface area (Å²) in [6.07, 6.45) is 3.07. The molecule has 0 aliphatic heterocycles. The van der Waals surface area contributed by atoms with Crippen molar-refractivity contribution in [2.45, 2.75) is 6.92 Å². The van der Waals surface area contributed by atoms with E-state index < -0.39 is 0 Å². The van der Waals surface area contributed by atoms with E-state index >= 15 is 0 Å². The van der Waals surface area contributed by atoms with Gasteiger partial charge in [0.2, 0.25) is 5.82 Å². The minimum absolute atomic E-state index is 0.231. The van der Waals surface area contributed by atoms with Gasteiger partial charge >= 0.3 is 0 Å². The Balaban J connectivity index is 1.66. The van der Waals surface area contributed by atoms with Crippen molar-refractivity contribution in [3.05, 3.63) is 60.3 Å². The van der Waals surface area contributed by atoms with Crippen LogP contribution < -0.4 is 5.32 Å². The van der Waals surface area contributed by atoms with E-state index in [1.807, 2.05) is 18.2 Å². The molecular formula is C18H16N6O. The van der Waals surface area contributed by atoms with Crippen LogP contribution in [0.1, 0.15) is 16.2 Å². The summed E-state index contributed by atoms with van der Waals surface area (Å²) in [6, 6.07) is 12.0. The predicted molar refractivity (Wildman–Crippen MR) is 95.2 cm³/mol. The first-order valence-electron chi connectivity index (χ1n) is 7.82. The van der Waals surface area contributed by atoms with E-state index in [0.717, 1.165) is 22.2 Å². The molecule has 0 radical (unpaired) electrons. The highest BCUT2D eigenvalue weighted by molar-refractivity contribution is 6.02. The molecular weight excluding hydrogens is 316 g/mol. The molecule has 4 aromatic rings. The molecule has 3 heterocycles. The third-order valence-electron chi connectivity index (χ3n) is 4.10. The molecule has 0 aliphatic rings. The van der Waals surface area contributed by atoms with Crippen LogP contribution in [0.25, 0.3) is 22.2 Å². The fourth-order valence-electron chi connectivity index (χ4n) is 2.79. The average Bonchev–Trinajstić information content (AvgIpc) is 3.20. The second kappa shape index (κ2) is 5.86. The average molecular weight is 332 g/mol. The summed E-state index contributed by atoms with van der Waals surface area (Å²) in [7, 11) is 1.66. The Labute approximate surface area is 143 Å². The molecule has 2 N–H and O–H groups in total. The lowest BCUT2D eigenvalue weighted by atomic mass is 10.1. The van der Waals surface area contributed by atoms with Crippen LogP contribution in [0.3, 0.4) is 0 Å². The number of H-pyrrole nitrogens is 1. The first-order valence-corrected chi connectivity index (χ1v) is 7.82. The van der Waals surface area contributed by atoms with E-state index in [2.05, 4.69) is 50.5 Å². The number of hydrogen-bond acceptors (Lipinski definition) is 4. The lowest BCUT2D eigenvalue weighted by Crippen LogP contribution is -2.18. The Morgan fingerprint density at radius 2 is 2.04 bits per heavy atom. The Hall–Kier alpha value is -3.48. The van der Waals surface area contributed by atoms with Gasteiger partial charge in [0, 0.05) is 36.0 Å². The lowest BCUT2D eigenvalue weighted by molar-refractivity contribution is 0.101. The topological polar surface area (TPSA) is 88.5 Å². The largest absolute Gasteiger partial charge is 0.354 e. The van der Waals surface area contributed by atoms with Crippen LogP contribution in [0.5, 0.6) is 0 Å². The molecule has 0 spiro atoms. The van der Waals surface area contributed by atoms with Crippen molar-refractivity contribution in [3.63, 3.8) is 0 Å².